The van der Waals surface area contributed by atoms with Gasteiger partial charge in [0.05, 0.1) is 12.6 Å². The number of hydrogen-bond donors (Lipinski definition) is 3. The number of aliphatic hydroxyl groups is 1. The summed E-state index contributed by atoms with van der Waals surface area (Å²) in [4.78, 5) is 12.0. The van der Waals surface area contributed by atoms with E-state index in [1.165, 1.54) is 0 Å². The Balaban J connectivity index is 2.53. The Morgan fingerprint density at radius 3 is 2.35 bits per heavy atom. The van der Waals surface area contributed by atoms with Crippen molar-refractivity contribution in [3.05, 3.63) is 35.9 Å². The van der Waals surface area contributed by atoms with Gasteiger partial charge < -0.3 is 15.7 Å². The molecule has 0 saturated carbocycles. The second-order valence-corrected chi connectivity index (χ2v) is 6.20. The predicted octanol–water partition coefficient (Wildman–Crippen LogP) is 1.48. The smallest absolute Gasteiger partial charge is 0.237 e. The number of amides is 1. The number of carbonyl (C=O) groups is 1. The second kappa shape index (κ2) is 7.41. The fraction of sp³-hybridized carbons (Fsp3) is 0.562. The maximum Gasteiger partial charge on any atom is 0.237 e. The molecule has 0 aliphatic carbocycles. The van der Waals surface area contributed by atoms with Gasteiger partial charge in [-0.15, -0.1) is 0 Å². The molecule has 0 saturated heterocycles. The monoisotopic (exact) mass is 278 g/mol. The molecule has 20 heavy (non-hydrogen) atoms. The lowest BCUT2D eigenvalue weighted by atomic mass is 10.0. The highest BCUT2D eigenvalue weighted by Gasteiger charge is 2.21. The van der Waals surface area contributed by atoms with Crippen LogP contribution in [0.15, 0.2) is 30.3 Å². The van der Waals surface area contributed by atoms with Crippen LogP contribution in [0.25, 0.3) is 0 Å². The van der Waals surface area contributed by atoms with Crippen LogP contribution in [0.5, 0.6) is 0 Å². The van der Waals surface area contributed by atoms with Crippen LogP contribution in [0.2, 0.25) is 0 Å². The maximum absolute atomic E-state index is 12.0. The number of carbonyl (C=O) groups excluding carboxylic acids is 1. The van der Waals surface area contributed by atoms with Gasteiger partial charge >= 0.3 is 0 Å². The van der Waals surface area contributed by atoms with E-state index in [1.54, 1.807) is 0 Å². The molecular weight excluding hydrogens is 252 g/mol. The Labute approximate surface area is 121 Å². The quantitative estimate of drug-likeness (QED) is 0.739. The number of rotatable bonds is 6. The highest BCUT2D eigenvalue weighted by molar-refractivity contribution is 5.81. The van der Waals surface area contributed by atoms with Gasteiger partial charge in [0.1, 0.15) is 0 Å². The van der Waals surface area contributed by atoms with Gasteiger partial charge in [-0.25, -0.2) is 0 Å². The molecule has 3 N–H and O–H groups in total. The number of aliphatic hydroxyl groups excluding tert-OH is 1. The second-order valence-electron chi connectivity index (χ2n) is 6.20. The van der Waals surface area contributed by atoms with Crippen LogP contribution in [-0.4, -0.2) is 35.2 Å². The molecule has 4 heteroatoms. The summed E-state index contributed by atoms with van der Waals surface area (Å²) in [5, 5.41) is 15.6. The van der Waals surface area contributed by atoms with Crippen molar-refractivity contribution in [3.8, 4) is 0 Å². The topological polar surface area (TPSA) is 61.4 Å². The van der Waals surface area contributed by atoms with Crippen molar-refractivity contribution in [2.24, 2.45) is 0 Å². The van der Waals surface area contributed by atoms with E-state index in [-0.39, 0.29) is 30.1 Å². The molecule has 1 aromatic carbocycles. The van der Waals surface area contributed by atoms with Gasteiger partial charge in [0.15, 0.2) is 0 Å². The Hall–Kier alpha value is -1.39. The summed E-state index contributed by atoms with van der Waals surface area (Å²) in [5.41, 5.74) is 0.892. The van der Waals surface area contributed by atoms with Gasteiger partial charge in [0.25, 0.3) is 0 Å². The van der Waals surface area contributed by atoms with Crippen molar-refractivity contribution in [2.45, 2.75) is 51.7 Å². The summed E-state index contributed by atoms with van der Waals surface area (Å²) in [6, 6.07) is 9.48. The van der Waals surface area contributed by atoms with Gasteiger partial charge in [-0.1, -0.05) is 30.3 Å². The minimum Gasteiger partial charge on any atom is -0.395 e. The molecule has 4 nitrogen and oxygen atoms in total. The molecule has 112 valence electrons. The van der Waals surface area contributed by atoms with Gasteiger partial charge in [0, 0.05) is 11.6 Å². The first-order valence-corrected chi connectivity index (χ1v) is 7.04. The molecular formula is C16H26N2O2. The predicted molar refractivity (Wildman–Crippen MR) is 81.5 cm³/mol. The fourth-order valence-corrected chi connectivity index (χ4v) is 1.98. The van der Waals surface area contributed by atoms with Crippen molar-refractivity contribution < 1.29 is 9.90 Å². The van der Waals surface area contributed by atoms with Crippen LogP contribution in [-0.2, 0) is 11.2 Å². The summed E-state index contributed by atoms with van der Waals surface area (Å²) >= 11 is 0. The van der Waals surface area contributed by atoms with Gasteiger partial charge in [-0.2, -0.15) is 0 Å². The van der Waals surface area contributed by atoms with Crippen molar-refractivity contribution in [1.82, 2.24) is 10.6 Å². The van der Waals surface area contributed by atoms with Crippen molar-refractivity contribution in [1.29, 1.82) is 0 Å². The van der Waals surface area contributed by atoms with E-state index in [4.69, 9.17) is 0 Å². The van der Waals surface area contributed by atoms with Crippen molar-refractivity contribution >= 4 is 5.91 Å². The third-order valence-corrected chi connectivity index (χ3v) is 2.92. The van der Waals surface area contributed by atoms with Crippen LogP contribution in [0.3, 0.4) is 0 Å². The average molecular weight is 278 g/mol. The van der Waals surface area contributed by atoms with E-state index in [0.29, 0.717) is 6.42 Å². The summed E-state index contributed by atoms with van der Waals surface area (Å²) in [6.07, 6.45) is 0.699. The molecule has 2 atom stereocenters. The molecule has 2 unspecified atom stereocenters. The molecule has 1 amide bonds. The van der Waals surface area contributed by atoms with Gasteiger partial charge in [-0.3, -0.25) is 4.79 Å². The van der Waals surface area contributed by atoms with Crippen LogP contribution < -0.4 is 10.6 Å². The number of benzene rings is 1. The minimum atomic E-state index is -0.338. The Bertz CT molecular complexity index is 412. The minimum absolute atomic E-state index is 0.00202. The van der Waals surface area contributed by atoms with Gasteiger partial charge in [0.2, 0.25) is 5.91 Å². The molecule has 0 fully saturated rings. The van der Waals surface area contributed by atoms with Crippen LogP contribution in [0.4, 0.5) is 0 Å². The van der Waals surface area contributed by atoms with E-state index in [1.807, 2.05) is 58.0 Å². The first kappa shape index (κ1) is 16.7. The van der Waals surface area contributed by atoms with E-state index < -0.39 is 0 Å². The summed E-state index contributed by atoms with van der Waals surface area (Å²) in [7, 11) is 0. The van der Waals surface area contributed by atoms with Crippen molar-refractivity contribution in [2.75, 3.05) is 6.61 Å². The summed E-state index contributed by atoms with van der Waals surface area (Å²) in [6.45, 7) is 7.66. The molecule has 0 heterocycles. The van der Waals surface area contributed by atoms with Crippen LogP contribution >= 0.6 is 0 Å². The number of nitrogens with one attached hydrogen (secondary N) is 2. The highest BCUT2D eigenvalue weighted by Crippen LogP contribution is 2.05. The van der Waals surface area contributed by atoms with E-state index in [0.717, 1.165) is 5.56 Å². The normalized spacial score (nSPS) is 14.7. The zero-order valence-electron chi connectivity index (χ0n) is 12.8. The van der Waals surface area contributed by atoms with Crippen LogP contribution in [0, 0.1) is 0 Å². The zero-order valence-corrected chi connectivity index (χ0v) is 12.8. The lowest BCUT2D eigenvalue weighted by Crippen LogP contribution is -2.52. The Kier molecular flexibility index (Phi) is 6.17. The average Bonchev–Trinajstić information content (AvgIpc) is 2.37. The van der Waals surface area contributed by atoms with E-state index in [9.17, 15) is 9.90 Å². The molecule has 0 aliphatic rings. The highest BCUT2D eigenvalue weighted by atomic mass is 16.3. The maximum atomic E-state index is 12.0. The lowest BCUT2D eigenvalue weighted by Gasteiger charge is -2.26. The van der Waals surface area contributed by atoms with Gasteiger partial charge in [-0.05, 0) is 39.7 Å². The largest absolute Gasteiger partial charge is 0.395 e. The Morgan fingerprint density at radius 2 is 1.85 bits per heavy atom. The number of hydrogen-bond acceptors (Lipinski definition) is 3. The Morgan fingerprint density at radius 1 is 1.25 bits per heavy atom. The molecule has 0 aromatic heterocycles. The first-order valence-electron chi connectivity index (χ1n) is 7.04. The molecule has 0 spiro atoms. The fourth-order valence-electron chi connectivity index (χ4n) is 1.98. The molecule has 0 bridgehead atoms. The zero-order chi connectivity index (χ0) is 15.2. The molecule has 0 aliphatic heterocycles. The van der Waals surface area contributed by atoms with E-state index in [2.05, 4.69) is 10.6 Å². The molecule has 1 rings (SSSR count). The van der Waals surface area contributed by atoms with E-state index >= 15 is 0 Å². The first-order chi connectivity index (χ1) is 9.31. The SMILES string of the molecule is CC(NC(CO)Cc1ccccc1)C(=O)NC(C)(C)C. The molecule has 1 aromatic rings. The lowest BCUT2D eigenvalue weighted by molar-refractivity contribution is -0.124. The standard InChI is InChI=1S/C16H26N2O2/c1-12(15(20)18-16(2,3)4)17-14(11-19)10-13-8-6-5-7-9-13/h5-9,12,14,17,19H,10-11H2,1-4H3,(H,18,20). The third kappa shape index (κ3) is 6.17. The summed E-state index contributed by atoms with van der Waals surface area (Å²) in [5.74, 6) is -0.0518. The van der Waals surface area contributed by atoms with Crippen LogP contribution in [0.1, 0.15) is 33.3 Å². The van der Waals surface area contributed by atoms with Crippen molar-refractivity contribution in [3.63, 3.8) is 0 Å². The third-order valence-electron chi connectivity index (χ3n) is 2.92. The summed E-state index contributed by atoms with van der Waals surface area (Å²) < 4.78 is 0. The molecule has 0 radical (unpaired) electrons.